The number of nitrogens with one attached hydrogen (secondary N) is 3. The topological polar surface area (TPSA) is 81.0 Å². The van der Waals surface area contributed by atoms with Crippen LogP contribution in [0.1, 0.15) is 57.1 Å². The molecule has 3 saturated carbocycles. The normalized spacial score (nSPS) is 36.2. The smallest absolute Gasteiger partial charge is 0.153 e. The third kappa shape index (κ3) is 5.29. The zero-order chi connectivity index (χ0) is 25.2. The molecule has 8 unspecified atom stereocenters. The van der Waals surface area contributed by atoms with E-state index in [1.165, 1.54) is 31.1 Å². The van der Waals surface area contributed by atoms with Crippen molar-refractivity contribution in [1.82, 2.24) is 10.6 Å². The highest BCUT2D eigenvalue weighted by molar-refractivity contribution is 5.95. The van der Waals surface area contributed by atoms with Gasteiger partial charge in [0.15, 0.2) is 6.17 Å². The standard InChI is InChI=1S/C29H42FN5O/c1-4-23(30)29-34-25(5-2)33-21-8-6-7-18(13-21)24(36)16-32-15-20-12-11-19-14-22(20)28(35-29)26(19)27(31-3)17-9-10-17/h4,6-8,13,17,19-20,22-24,26,28-29,32,35-36H,1,5,9-12,14-16H2,2-3H3,(H,33,34). The first-order valence-corrected chi connectivity index (χ1v) is 13.8. The van der Waals surface area contributed by atoms with Crippen LogP contribution >= 0.6 is 0 Å². The molecular formula is C29H42FN5O. The van der Waals surface area contributed by atoms with Gasteiger partial charge in [0.1, 0.15) is 12.0 Å². The molecule has 5 rings (SSSR count). The van der Waals surface area contributed by atoms with Crippen molar-refractivity contribution in [2.75, 3.05) is 25.5 Å². The summed E-state index contributed by atoms with van der Waals surface area (Å²) < 4.78 is 15.4. The summed E-state index contributed by atoms with van der Waals surface area (Å²) in [6.07, 6.45) is 5.34. The molecule has 1 aromatic rings. The highest BCUT2D eigenvalue weighted by Gasteiger charge is 2.53. The Morgan fingerprint density at radius 1 is 1.25 bits per heavy atom. The first-order valence-electron chi connectivity index (χ1n) is 13.8. The van der Waals surface area contributed by atoms with Crippen LogP contribution in [0.2, 0.25) is 0 Å². The molecule has 0 aromatic heterocycles. The first-order chi connectivity index (χ1) is 17.5. The summed E-state index contributed by atoms with van der Waals surface area (Å²) in [4.78, 5) is 9.71. The zero-order valence-corrected chi connectivity index (χ0v) is 21.7. The molecule has 196 valence electrons. The molecule has 4 N–H and O–H groups in total. The van der Waals surface area contributed by atoms with Crippen LogP contribution in [0.4, 0.5) is 10.1 Å². The number of rotatable bonds is 5. The number of halogens is 1. The Balaban J connectivity index is 1.53. The fourth-order valence-corrected chi connectivity index (χ4v) is 6.94. The lowest BCUT2D eigenvalue weighted by atomic mass is 9.78. The Bertz CT molecular complexity index is 992. The Morgan fingerprint density at radius 3 is 2.78 bits per heavy atom. The lowest BCUT2D eigenvalue weighted by Gasteiger charge is -2.34. The minimum absolute atomic E-state index is 0.129. The summed E-state index contributed by atoms with van der Waals surface area (Å²) in [5.74, 6) is 3.13. The molecular weight excluding hydrogens is 453 g/mol. The second-order valence-electron chi connectivity index (χ2n) is 11.1. The molecule has 0 saturated heterocycles. The fourth-order valence-electron chi connectivity index (χ4n) is 6.94. The summed E-state index contributed by atoms with van der Waals surface area (Å²) in [5.41, 5.74) is 3.04. The van der Waals surface area contributed by atoms with Gasteiger partial charge in [-0.2, -0.15) is 0 Å². The maximum atomic E-state index is 15.4. The zero-order valence-electron chi connectivity index (χ0n) is 21.7. The largest absolute Gasteiger partial charge is 0.387 e. The Kier molecular flexibility index (Phi) is 7.89. The third-order valence-electron chi connectivity index (χ3n) is 8.86. The van der Waals surface area contributed by atoms with Gasteiger partial charge in [0.05, 0.1) is 6.10 Å². The predicted octanol–water partition coefficient (Wildman–Crippen LogP) is 4.50. The van der Waals surface area contributed by atoms with Crippen molar-refractivity contribution in [3.8, 4) is 0 Å². The SMILES string of the molecule is C=CC(F)C1N=C(CC)Nc2cccc(c2)C(O)CNCC2CCC3CC2C(N1)C3C(=NC)C1CC1. The predicted molar refractivity (Wildman–Crippen MR) is 145 cm³/mol. The fraction of sp³-hybridized carbons (Fsp3) is 0.655. The highest BCUT2D eigenvalue weighted by Crippen LogP contribution is 2.52. The molecule has 1 heterocycles. The number of hydrogen-bond donors (Lipinski definition) is 4. The second-order valence-corrected chi connectivity index (χ2v) is 11.1. The van der Waals surface area contributed by atoms with E-state index >= 15 is 4.39 Å². The maximum Gasteiger partial charge on any atom is 0.153 e. The van der Waals surface area contributed by atoms with Gasteiger partial charge in [0.2, 0.25) is 0 Å². The van der Waals surface area contributed by atoms with Gasteiger partial charge >= 0.3 is 0 Å². The summed E-state index contributed by atoms with van der Waals surface area (Å²) in [7, 11) is 1.94. The number of alkyl halides is 1. The number of benzene rings is 1. The van der Waals surface area contributed by atoms with Crippen molar-refractivity contribution in [2.45, 2.75) is 69.9 Å². The van der Waals surface area contributed by atoms with Crippen molar-refractivity contribution < 1.29 is 9.50 Å². The van der Waals surface area contributed by atoms with E-state index < -0.39 is 18.4 Å². The molecule has 36 heavy (non-hydrogen) atoms. The van der Waals surface area contributed by atoms with Crippen molar-refractivity contribution in [1.29, 1.82) is 0 Å². The Hall–Kier alpha value is -2.09. The number of aliphatic hydroxyl groups excluding tert-OH is 1. The molecule has 3 aliphatic carbocycles. The molecule has 4 bridgehead atoms. The molecule has 8 atom stereocenters. The van der Waals surface area contributed by atoms with Crippen LogP contribution in [0, 0.1) is 29.6 Å². The lowest BCUT2D eigenvalue weighted by molar-refractivity contribution is 0.159. The first kappa shape index (κ1) is 25.6. The number of anilines is 1. The molecule has 6 nitrogen and oxygen atoms in total. The molecule has 3 fully saturated rings. The van der Waals surface area contributed by atoms with Crippen LogP contribution in [0.15, 0.2) is 46.9 Å². The second kappa shape index (κ2) is 11.1. The number of nitrogens with zero attached hydrogens (tertiary/aromatic N) is 2. The van der Waals surface area contributed by atoms with E-state index in [9.17, 15) is 5.11 Å². The molecule has 1 aliphatic heterocycles. The van der Waals surface area contributed by atoms with Crippen LogP contribution in [-0.2, 0) is 0 Å². The van der Waals surface area contributed by atoms with Crippen LogP contribution < -0.4 is 16.0 Å². The molecule has 7 heteroatoms. The van der Waals surface area contributed by atoms with Crippen LogP contribution in [0.3, 0.4) is 0 Å². The summed E-state index contributed by atoms with van der Waals surface area (Å²) in [6.45, 7) is 7.15. The van der Waals surface area contributed by atoms with Gasteiger partial charge in [0.25, 0.3) is 0 Å². The van der Waals surface area contributed by atoms with Crippen molar-refractivity contribution in [3.05, 3.63) is 42.5 Å². The van der Waals surface area contributed by atoms with Gasteiger partial charge in [-0.15, -0.1) is 6.58 Å². The average molecular weight is 496 g/mol. The monoisotopic (exact) mass is 495 g/mol. The maximum absolute atomic E-state index is 15.4. The van der Waals surface area contributed by atoms with E-state index in [1.807, 2.05) is 38.2 Å². The summed E-state index contributed by atoms with van der Waals surface area (Å²) in [6, 6.07) is 7.92. The van der Waals surface area contributed by atoms with E-state index in [1.54, 1.807) is 0 Å². The van der Waals surface area contributed by atoms with Gasteiger partial charge in [-0.25, -0.2) is 4.39 Å². The Morgan fingerprint density at radius 2 is 2.06 bits per heavy atom. The molecule has 0 amide bonds. The van der Waals surface area contributed by atoms with E-state index in [0.717, 1.165) is 36.5 Å². The van der Waals surface area contributed by atoms with Crippen molar-refractivity contribution >= 4 is 17.2 Å². The molecule has 0 radical (unpaired) electrons. The quantitative estimate of drug-likeness (QED) is 0.358. The van der Waals surface area contributed by atoms with Gasteiger partial charge in [-0.05, 0) is 80.0 Å². The molecule has 0 spiro atoms. The van der Waals surface area contributed by atoms with Gasteiger partial charge in [0, 0.05) is 43.4 Å². The summed E-state index contributed by atoms with van der Waals surface area (Å²) >= 11 is 0. The van der Waals surface area contributed by atoms with Crippen LogP contribution in [-0.4, -0.2) is 55.2 Å². The third-order valence-corrected chi connectivity index (χ3v) is 8.86. The minimum Gasteiger partial charge on any atom is -0.387 e. The van der Waals surface area contributed by atoms with Gasteiger partial charge in [-0.3, -0.25) is 15.3 Å². The molecule has 1 aromatic carbocycles. The summed E-state index contributed by atoms with van der Waals surface area (Å²) in [5, 5.41) is 21.6. The lowest BCUT2D eigenvalue weighted by Crippen LogP contribution is -2.51. The number of amidine groups is 1. The number of fused-ring (bicyclic) bond motifs is 3. The van der Waals surface area contributed by atoms with Crippen molar-refractivity contribution in [2.24, 2.45) is 39.6 Å². The minimum atomic E-state index is -1.29. The van der Waals surface area contributed by atoms with Crippen molar-refractivity contribution in [3.63, 3.8) is 0 Å². The van der Waals surface area contributed by atoms with Crippen LogP contribution in [0.25, 0.3) is 0 Å². The number of aliphatic imine (C=N–C) groups is 2. The van der Waals surface area contributed by atoms with Gasteiger partial charge < -0.3 is 15.7 Å². The average Bonchev–Trinajstić information content (AvgIpc) is 3.70. The highest BCUT2D eigenvalue weighted by atomic mass is 19.1. The number of β-amino-alcohol motifs (C(OH)–C–C–N with tert-alkyl or cyclic N) is 1. The van der Waals surface area contributed by atoms with Gasteiger partial charge in [-0.1, -0.05) is 25.1 Å². The van der Waals surface area contributed by atoms with E-state index in [2.05, 4.69) is 22.5 Å². The number of hydrogen-bond acceptors (Lipinski definition) is 6. The van der Waals surface area contributed by atoms with E-state index in [-0.39, 0.29) is 6.04 Å². The van der Waals surface area contributed by atoms with Crippen LogP contribution in [0.5, 0.6) is 0 Å². The number of aliphatic hydroxyl groups is 1. The van der Waals surface area contributed by atoms with E-state index in [0.29, 0.717) is 42.6 Å². The van der Waals surface area contributed by atoms with E-state index in [4.69, 9.17) is 9.98 Å². The molecule has 4 aliphatic rings. The Labute approximate surface area is 215 Å².